The number of hydrogen-bond acceptors (Lipinski definition) is 5. The zero-order chi connectivity index (χ0) is 12.9. The van der Waals surface area contributed by atoms with Crippen LogP contribution in [-0.2, 0) is 19.6 Å². The van der Waals surface area contributed by atoms with E-state index in [0.717, 1.165) is 0 Å². The number of piperidine rings is 1. The molecule has 0 aromatic carbocycles. The number of esters is 1. The number of aliphatic hydroxyl groups is 1. The molecule has 1 saturated heterocycles. The van der Waals surface area contributed by atoms with E-state index >= 15 is 0 Å². The van der Waals surface area contributed by atoms with Gasteiger partial charge in [-0.2, -0.15) is 0 Å². The topological polar surface area (TPSA) is 83.9 Å². The second kappa shape index (κ2) is 6.32. The molecule has 0 aromatic rings. The van der Waals surface area contributed by atoms with Crippen LogP contribution in [0.4, 0.5) is 0 Å². The molecule has 0 radical (unpaired) electrons. The smallest absolute Gasteiger partial charge is 0.305 e. The van der Waals surface area contributed by atoms with Crippen LogP contribution in [0.25, 0.3) is 0 Å². The molecule has 0 amide bonds. The van der Waals surface area contributed by atoms with Gasteiger partial charge in [-0.05, 0) is 19.3 Å². The van der Waals surface area contributed by atoms with Crippen molar-refractivity contribution in [3.63, 3.8) is 0 Å². The maximum Gasteiger partial charge on any atom is 0.305 e. The van der Waals surface area contributed by atoms with Gasteiger partial charge in [-0.15, -0.1) is 0 Å². The van der Waals surface area contributed by atoms with Crippen molar-refractivity contribution in [2.24, 2.45) is 0 Å². The Morgan fingerprint density at radius 1 is 1.41 bits per heavy atom. The molecule has 0 unspecified atom stereocenters. The van der Waals surface area contributed by atoms with Crippen LogP contribution < -0.4 is 0 Å². The summed E-state index contributed by atoms with van der Waals surface area (Å²) in [6.07, 6.45) is 0.962. The second-order valence-corrected chi connectivity index (χ2v) is 6.21. The van der Waals surface area contributed by atoms with Crippen LogP contribution in [0.5, 0.6) is 0 Å². The van der Waals surface area contributed by atoms with E-state index in [1.807, 2.05) is 0 Å². The molecule has 0 aromatic heterocycles. The molecule has 0 atom stereocenters. The summed E-state index contributed by atoms with van der Waals surface area (Å²) in [6.45, 7) is 0.726. The summed E-state index contributed by atoms with van der Waals surface area (Å²) in [5.41, 5.74) is 0. The molecule has 6 nitrogen and oxygen atoms in total. The molecule has 100 valence electrons. The van der Waals surface area contributed by atoms with E-state index in [2.05, 4.69) is 4.74 Å². The third-order valence-electron chi connectivity index (χ3n) is 2.83. The summed E-state index contributed by atoms with van der Waals surface area (Å²) in [7, 11) is -2.02. The van der Waals surface area contributed by atoms with E-state index in [4.69, 9.17) is 0 Å². The van der Waals surface area contributed by atoms with Crippen molar-refractivity contribution in [1.82, 2.24) is 4.31 Å². The lowest BCUT2D eigenvalue weighted by atomic mass is 10.1. The molecule has 1 heterocycles. The lowest BCUT2D eigenvalue weighted by molar-refractivity contribution is -0.140. The number of sulfonamides is 1. The standard InChI is InChI=1S/C10H19NO5S/c1-16-10(13)3-2-8-17(14,15)11-6-4-9(12)5-7-11/h9,12H,2-8H2,1H3. The highest BCUT2D eigenvalue weighted by molar-refractivity contribution is 7.89. The van der Waals surface area contributed by atoms with E-state index in [-0.39, 0.29) is 18.6 Å². The Balaban J connectivity index is 2.38. The first-order chi connectivity index (χ1) is 7.95. The Morgan fingerprint density at radius 3 is 2.53 bits per heavy atom. The van der Waals surface area contributed by atoms with Crippen LogP contribution in [0.2, 0.25) is 0 Å². The fraction of sp³-hybridized carbons (Fsp3) is 0.900. The maximum atomic E-state index is 11.9. The third kappa shape index (κ3) is 4.61. The van der Waals surface area contributed by atoms with Crippen molar-refractivity contribution in [1.29, 1.82) is 0 Å². The molecule has 1 aliphatic rings. The van der Waals surface area contributed by atoms with Gasteiger partial charge in [0.2, 0.25) is 10.0 Å². The Labute approximate surface area is 102 Å². The molecule has 17 heavy (non-hydrogen) atoms. The Kier molecular flexibility index (Phi) is 5.35. The van der Waals surface area contributed by atoms with Crippen molar-refractivity contribution in [2.45, 2.75) is 31.8 Å². The first-order valence-electron chi connectivity index (χ1n) is 5.68. The summed E-state index contributed by atoms with van der Waals surface area (Å²) in [6, 6.07) is 0. The molecule has 0 spiro atoms. The fourth-order valence-electron chi connectivity index (χ4n) is 1.75. The molecular formula is C10H19NO5S. The Bertz CT molecular complexity index is 346. The zero-order valence-electron chi connectivity index (χ0n) is 9.96. The monoisotopic (exact) mass is 265 g/mol. The highest BCUT2D eigenvalue weighted by Gasteiger charge is 2.26. The van der Waals surface area contributed by atoms with Crippen LogP contribution in [0.1, 0.15) is 25.7 Å². The average molecular weight is 265 g/mol. The number of carbonyl (C=O) groups excluding carboxylic acids is 1. The maximum absolute atomic E-state index is 11.9. The van der Waals surface area contributed by atoms with Crippen molar-refractivity contribution >= 4 is 16.0 Å². The Morgan fingerprint density at radius 2 is 2.00 bits per heavy atom. The lowest BCUT2D eigenvalue weighted by Crippen LogP contribution is -2.41. The number of nitrogens with zero attached hydrogens (tertiary/aromatic N) is 1. The van der Waals surface area contributed by atoms with E-state index in [1.165, 1.54) is 11.4 Å². The van der Waals surface area contributed by atoms with Crippen molar-refractivity contribution < 1.29 is 23.1 Å². The predicted octanol–water partition coefficient (Wildman–Crippen LogP) is -0.274. The molecule has 7 heteroatoms. The highest BCUT2D eigenvalue weighted by Crippen LogP contribution is 2.15. The van der Waals surface area contributed by atoms with Crippen LogP contribution in [0, 0.1) is 0 Å². The minimum Gasteiger partial charge on any atom is -0.469 e. The molecule has 0 saturated carbocycles. The molecule has 1 fully saturated rings. The van der Waals surface area contributed by atoms with E-state index in [1.54, 1.807) is 0 Å². The van der Waals surface area contributed by atoms with Crippen molar-refractivity contribution in [3.8, 4) is 0 Å². The normalized spacial score (nSPS) is 19.2. The molecular weight excluding hydrogens is 246 g/mol. The van der Waals surface area contributed by atoms with E-state index in [0.29, 0.717) is 25.9 Å². The quantitative estimate of drug-likeness (QED) is 0.692. The predicted molar refractivity (Wildman–Crippen MR) is 61.9 cm³/mol. The SMILES string of the molecule is COC(=O)CCCS(=O)(=O)N1CCC(O)CC1. The van der Waals surface area contributed by atoms with Gasteiger partial charge in [0, 0.05) is 19.5 Å². The van der Waals surface area contributed by atoms with Gasteiger partial charge < -0.3 is 9.84 Å². The molecule has 1 rings (SSSR count). The average Bonchev–Trinajstić information content (AvgIpc) is 2.29. The molecule has 0 bridgehead atoms. The van der Waals surface area contributed by atoms with E-state index in [9.17, 15) is 18.3 Å². The minimum absolute atomic E-state index is 0.0435. The highest BCUT2D eigenvalue weighted by atomic mass is 32.2. The van der Waals surface area contributed by atoms with Crippen LogP contribution in [0.3, 0.4) is 0 Å². The minimum atomic E-state index is -3.30. The first-order valence-corrected chi connectivity index (χ1v) is 7.29. The van der Waals surface area contributed by atoms with Crippen LogP contribution in [-0.4, -0.2) is 55.9 Å². The van der Waals surface area contributed by atoms with Gasteiger partial charge in [0.1, 0.15) is 0 Å². The molecule has 1 N–H and O–H groups in total. The second-order valence-electron chi connectivity index (χ2n) is 4.13. The number of rotatable bonds is 5. The molecule has 1 aliphatic heterocycles. The van der Waals surface area contributed by atoms with Gasteiger partial charge in [-0.3, -0.25) is 4.79 Å². The fourth-order valence-corrected chi connectivity index (χ4v) is 3.28. The van der Waals surface area contributed by atoms with Gasteiger partial charge in [0.25, 0.3) is 0 Å². The van der Waals surface area contributed by atoms with Gasteiger partial charge in [0.15, 0.2) is 0 Å². The van der Waals surface area contributed by atoms with Crippen LogP contribution >= 0.6 is 0 Å². The van der Waals surface area contributed by atoms with Crippen LogP contribution in [0.15, 0.2) is 0 Å². The summed E-state index contributed by atoms with van der Waals surface area (Å²) < 4.78 is 29.5. The third-order valence-corrected chi connectivity index (χ3v) is 4.78. The van der Waals surface area contributed by atoms with Gasteiger partial charge in [-0.1, -0.05) is 0 Å². The van der Waals surface area contributed by atoms with Crippen molar-refractivity contribution in [2.75, 3.05) is 26.0 Å². The van der Waals surface area contributed by atoms with Gasteiger partial charge in [0.05, 0.1) is 19.0 Å². The van der Waals surface area contributed by atoms with Crippen molar-refractivity contribution in [3.05, 3.63) is 0 Å². The van der Waals surface area contributed by atoms with Gasteiger partial charge in [-0.25, -0.2) is 12.7 Å². The summed E-state index contributed by atoms with van der Waals surface area (Å²) in [5, 5.41) is 9.29. The summed E-state index contributed by atoms with van der Waals surface area (Å²) in [5.74, 6) is -0.438. The lowest BCUT2D eigenvalue weighted by Gasteiger charge is -2.28. The summed E-state index contributed by atoms with van der Waals surface area (Å²) >= 11 is 0. The Hall–Kier alpha value is -0.660. The number of aliphatic hydroxyl groups excluding tert-OH is 1. The molecule has 0 aliphatic carbocycles. The van der Waals surface area contributed by atoms with E-state index < -0.39 is 22.1 Å². The number of hydrogen-bond donors (Lipinski definition) is 1. The summed E-state index contributed by atoms with van der Waals surface area (Å²) in [4.78, 5) is 10.9. The van der Waals surface area contributed by atoms with Gasteiger partial charge >= 0.3 is 5.97 Å². The number of carbonyl (C=O) groups is 1. The largest absolute Gasteiger partial charge is 0.469 e. The zero-order valence-corrected chi connectivity index (χ0v) is 10.8. The number of methoxy groups -OCH3 is 1. The number of ether oxygens (including phenoxy) is 1. The first kappa shape index (κ1) is 14.4.